The molecule has 0 atom stereocenters. The van der Waals surface area contributed by atoms with E-state index in [1.165, 1.54) is 36.9 Å². The number of amidine groups is 1. The Morgan fingerprint density at radius 2 is 2.04 bits per heavy atom. The van der Waals surface area contributed by atoms with Crippen LogP contribution in [-0.4, -0.2) is 22.5 Å². The average molecular weight is 374 g/mol. The minimum Gasteiger partial charge on any atom is -0.326 e. The molecule has 0 radical (unpaired) electrons. The molecular weight excluding hydrogens is 358 g/mol. The van der Waals surface area contributed by atoms with Gasteiger partial charge in [0, 0.05) is 23.9 Å². The Morgan fingerprint density at radius 3 is 2.65 bits per heavy atom. The van der Waals surface area contributed by atoms with Crippen molar-refractivity contribution in [3.05, 3.63) is 65.2 Å². The Kier molecular flexibility index (Phi) is 5.62. The monoisotopic (exact) mass is 374 g/mol. The van der Waals surface area contributed by atoms with E-state index >= 15 is 0 Å². The van der Waals surface area contributed by atoms with Crippen molar-refractivity contribution in [1.82, 2.24) is 5.43 Å². The molecule has 0 saturated carbocycles. The Bertz CT molecular complexity index is 881. The predicted molar refractivity (Wildman–Crippen MR) is 100 cm³/mol. The molecule has 0 aliphatic carbocycles. The van der Waals surface area contributed by atoms with Gasteiger partial charge in [0.2, 0.25) is 5.91 Å². The zero-order valence-corrected chi connectivity index (χ0v) is 14.7. The van der Waals surface area contributed by atoms with Gasteiger partial charge in [-0.05, 0) is 35.9 Å². The molecule has 1 amide bonds. The van der Waals surface area contributed by atoms with E-state index < -0.39 is 5.82 Å². The molecule has 0 saturated heterocycles. The third kappa shape index (κ3) is 4.66. The zero-order valence-electron chi connectivity index (χ0n) is 13.9. The van der Waals surface area contributed by atoms with Crippen molar-refractivity contribution in [2.24, 2.45) is 10.1 Å². The first-order valence-electron chi connectivity index (χ1n) is 7.83. The number of benzene rings is 2. The molecule has 3 rings (SSSR count). The summed E-state index contributed by atoms with van der Waals surface area (Å²) in [4.78, 5) is 15.4. The molecule has 0 bridgehead atoms. The molecular formula is C18H16F2N4OS. The number of halogens is 2. The topological polar surface area (TPSA) is 65.8 Å². The van der Waals surface area contributed by atoms with Gasteiger partial charge in [-0.3, -0.25) is 15.2 Å². The van der Waals surface area contributed by atoms with Crippen molar-refractivity contribution in [1.29, 1.82) is 0 Å². The van der Waals surface area contributed by atoms with Crippen LogP contribution in [0.25, 0.3) is 0 Å². The van der Waals surface area contributed by atoms with Crippen LogP contribution in [0.4, 0.5) is 14.5 Å². The summed E-state index contributed by atoms with van der Waals surface area (Å²) in [5.74, 6) is -0.533. The van der Waals surface area contributed by atoms with Crippen molar-refractivity contribution in [2.75, 3.05) is 11.1 Å². The number of aliphatic imine (C=N–C) groups is 1. The predicted octanol–water partition coefficient (Wildman–Crippen LogP) is 3.52. The highest BCUT2D eigenvalue weighted by atomic mass is 32.2. The van der Waals surface area contributed by atoms with E-state index in [0.29, 0.717) is 34.4 Å². The molecule has 0 unspecified atom stereocenters. The first kappa shape index (κ1) is 18.1. The SMILES string of the molecule is CC(=O)Nc1ccc(C2=NNC(=NCc3ccc(F)cc3)SC2)c(F)c1. The third-order valence-corrected chi connectivity index (χ3v) is 4.46. The van der Waals surface area contributed by atoms with Crippen LogP contribution < -0.4 is 10.7 Å². The fourth-order valence-electron chi connectivity index (χ4n) is 2.32. The van der Waals surface area contributed by atoms with Crippen LogP contribution in [0.15, 0.2) is 52.6 Å². The molecule has 0 fully saturated rings. The Balaban J connectivity index is 1.66. The van der Waals surface area contributed by atoms with Gasteiger partial charge in [0.05, 0.1) is 12.3 Å². The number of anilines is 1. The van der Waals surface area contributed by atoms with Crippen LogP contribution in [0.1, 0.15) is 18.1 Å². The van der Waals surface area contributed by atoms with Gasteiger partial charge in [0.1, 0.15) is 11.6 Å². The quantitative estimate of drug-likeness (QED) is 0.861. The largest absolute Gasteiger partial charge is 0.326 e. The molecule has 8 heteroatoms. The molecule has 0 aromatic heterocycles. The summed E-state index contributed by atoms with van der Waals surface area (Å²) in [6.07, 6.45) is 0. The number of hydrogen-bond donors (Lipinski definition) is 2. The van der Waals surface area contributed by atoms with Crippen LogP contribution in [0.3, 0.4) is 0 Å². The number of amides is 1. The fraction of sp³-hybridized carbons (Fsp3) is 0.167. The van der Waals surface area contributed by atoms with Gasteiger partial charge in [-0.2, -0.15) is 5.10 Å². The maximum atomic E-state index is 14.3. The van der Waals surface area contributed by atoms with Gasteiger partial charge < -0.3 is 5.32 Å². The lowest BCUT2D eigenvalue weighted by atomic mass is 10.1. The summed E-state index contributed by atoms with van der Waals surface area (Å²) in [7, 11) is 0. The smallest absolute Gasteiger partial charge is 0.221 e. The van der Waals surface area contributed by atoms with Gasteiger partial charge in [-0.1, -0.05) is 23.9 Å². The highest BCUT2D eigenvalue weighted by molar-refractivity contribution is 8.14. The lowest BCUT2D eigenvalue weighted by Gasteiger charge is -2.16. The Hall–Kier alpha value is -2.74. The standard InChI is InChI=1S/C18H16F2N4OS/c1-11(25)22-14-6-7-15(16(20)8-14)17-10-26-18(24-23-17)21-9-12-2-4-13(19)5-3-12/h2-8H,9-10H2,1H3,(H,21,24)(H,22,25). The molecule has 1 heterocycles. The summed E-state index contributed by atoms with van der Waals surface area (Å²) in [6.45, 7) is 1.77. The van der Waals surface area contributed by atoms with Gasteiger partial charge in [-0.25, -0.2) is 8.78 Å². The molecule has 1 aliphatic rings. The van der Waals surface area contributed by atoms with Crippen LogP contribution in [0.2, 0.25) is 0 Å². The van der Waals surface area contributed by atoms with Crippen molar-refractivity contribution in [3.8, 4) is 0 Å². The fourth-order valence-corrected chi connectivity index (χ4v) is 3.08. The van der Waals surface area contributed by atoms with Crippen LogP contribution >= 0.6 is 11.8 Å². The number of carbonyl (C=O) groups excluding carboxylic acids is 1. The van der Waals surface area contributed by atoms with Crippen LogP contribution in [-0.2, 0) is 11.3 Å². The average Bonchev–Trinajstić information content (AvgIpc) is 2.61. The number of hydrazone groups is 1. The number of thioether (sulfide) groups is 1. The second-order valence-electron chi connectivity index (χ2n) is 5.58. The lowest BCUT2D eigenvalue weighted by molar-refractivity contribution is -0.114. The number of nitrogens with zero attached hydrogens (tertiary/aromatic N) is 2. The highest BCUT2D eigenvalue weighted by Crippen LogP contribution is 2.20. The molecule has 2 aromatic rings. The lowest BCUT2D eigenvalue weighted by Crippen LogP contribution is -2.26. The van der Waals surface area contributed by atoms with Gasteiger partial charge in [0.15, 0.2) is 5.17 Å². The maximum absolute atomic E-state index is 14.3. The molecule has 1 aliphatic heterocycles. The number of rotatable bonds is 4. The Labute approximate surface area is 153 Å². The first-order chi connectivity index (χ1) is 12.5. The van der Waals surface area contributed by atoms with Gasteiger partial charge >= 0.3 is 0 Å². The van der Waals surface area contributed by atoms with Gasteiger partial charge in [-0.15, -0.1) is 0 Å². The van der Waals surface area contributed by atoms with E-state index in [1.807, 2.05) is 0 Å². The number of nitrogens with one attached hydrogen (secondary N) is 2. The van der Waals surface area contributed by atoms with Crippen LogP contribution in [0.5, 0.6) is 0 Å². The molecule has 2 aromatic carbocycles. The molecule has 26 heavy (non-hydrogen) atoms. The van der Waals surface area contributed by atoms with Crippen molar-refractivity contribution in [3.63, 3.8) is 0 Å². The van der Waals surface area contributed by atoms with E-state index in [2.05, 4.69) is 20.8 Å². The van der Waals surface area contributed by atoms with E-state index in [9.17, 15) is 13.6 Å². The molecule has 0 spiro atoms. The molecule has 5 nitrogen and oxygen atoms in total. The van der Waals surface area contributed by atoms with Gasteiger partial charge in [0.25, 0.3) is 0 Å². The highest BCUT2D eigenvalue weighted by Gasteiger charge is 2.16. The van der Waals surface area contributed by atoms with E-state index in [1.54, 1.807) is 24.3 Å². The van der Waals surface area contributed by atoms with Crippen molar-refractivity contribution in [2.45, 2.75) is 13.5 Å². The summed E-state index contributed by atoms with van der Waals surface area (Å²) >= 11 is 1.41. The zero-order chi connectivity index (χ0) is 18.5. The summed E-state index contributed by atoms with van der Waals surface area (Å²) in [5, 5.41) is 7.34. The summed E-state index contributed by atoms with van der Waals surface area (Å²) in [6, 6.07) is 10.6. The van der Waals surface area contributed by atoms with E-state index in [0.717, 1.165) is 5.56 Å². The maximum Gasteiger partial charge on any atom is 0.221 e. The third-order valence-electron chi connectivity index (χ3n) is 3.55. The second-order valence-corrected chi connectivity index (χ2v) is 6.55. The first-order valence-corrected chi connectivity index (χ1v) is 8.81. The van der Waals surface area contributed by atoms with Crippen molar-refractivity contribution < 1.29 is 13.6 Å². The summed E-state index contributed by atoms with van der Waals surface area (Å²) < 4.78 is 27.1. The molecule has 2 N–H and O–H groups in total. The minimum atomic E-state index is -0.455. The van der Waals surface area contributed by atoms with E-state index in [4.69, 9.17) is 0 Å². The normalized spacial score (nSPS) is 15.3. The minimum absolute atomic E-state index is 0.258. The van der Waals surface area contributed by atoms with E-state index in [-0.39, 0.29) is 11.7 Å². The number of hydrogen-bond acceptors (Lipinski definition) is 4. The van der Waals surface area contributed by atoms with Crippen LogP contribution in [0, 0.1) is 11.6 Å². The Morgan fingerprint density at radius 1 is 1.27 bits per heavy atom. The number of carbonyl (C=O) groups is 1. The second kappa shape index (κ2) is 8.09. The summed E-state index contributed by atoms with van der Waals surface area (Å²) in [5.41, 5.74) is 5.03. The van der Waals surface area contributed by atoms with Crippen molar-refractivity contribution >= 4 is 34.2 Å². The molecule has 134 valence electrons.